The molecule has 1 fully saturated rings. The molecule has 0 aromatic heterocycles. The van der Waals surface area contributed by atoms with Crippen LogP contribution in [-0.4, -0.2) is 65.9 Å². The van der Waals surface area contributed by atoms with Gasteiger partial charge >= 0.3 is 0 Å². The summed E-state index contributed by atoms with van der Waals surface area (Å²) in [5, 5.41) is 10.8. The average molecular weight is 726 g/mol. The summed E-state index contributed by atoms with van der Waals surface area (Å²) in [4.78, 5) is 29.7. The van der Waals surface area contributed by atoms with Gasteiger partial charge in [0.25, 0.3) is 11.8 Å². The Morgan fingerprint density at radius 3 is 2.75 bits per heavy atom. The number of hydrogen-bond acceptors (Lipinski definition) is 7. The molecule has 2 amide bonds. The monoisotopic (exact) mass is 725 g/mol. The standard InChI is InChI=1S/C42H51N3O6S/c1-28-14-18-35-31(21-28)12-8-20-42(35)26-45-24-33-15-17-34(33)38(50-3)13-7-9-29(2)25-52(49,44-41(48)37(46)22-30-10-5-4-6-11-30)43-40(47)32-16-19-39(51-27-42)36(45)23-32/h4-7,10-11,13-14,16,18-19,21,23,29,33-34,37-38,46H,8-9,12,15,17,20,22,24-27H2,1-3H3,(H,43,44,47,48,49)/b13-7+/t29-,33-,34+,37-,38-,42-,52-/m0/s1. The van der Waals surface area contributed by atoms with Gasteiger partial charge in [-0.1, -0.05) is 73.2 Å². The van der Waals surface area contributed by atoms with Crippen LogP contribution in [0.25, 0.3) is 0 Å². The van der Waals surface area contributed by atoms with E-state index in [9.17, 15) is 18.9 Å². The van der Waals surface area contributed by atoms with Gasteiger partial charge in [0.2, 0.25) is 0 Å². The summed E-state index contributed by atoms with van der Waals surface area (Å²) < 4.78 is 34.0. The normalized spacial score (nSPS) is 30.0. The number of carbonyl (C=O) groups is 2. The van der Waals surface area contributed by atoms with Crippen LogP contribution >= 0.6 is 0 Å². The van der Waals surface area contributed by atoms with Gasteiger partial charge in [-0.2, -0.15) is 0 Å². The maximum Gasteiger partial charge on any atom is 0.286 e. The van der Waals surface area contributed by atoms with Crippen molar-refractivity contribution in [2.45, 2.75) is 76.4 Å². The van der Waals surface area contributed by atoms with E-state index < -0.39 is 27.8 Å². The van der Waals surface area contributed by atoms with E-state index in [1.807, 2.05) is 49.4 Å². The lowest BCUT2D eigenvalue weighted by molar-refractivity contribution is -0.127. The van der Waals surface area contributed by atoms with Gasteiger partial charge in [0.15, 0.2) is 0 Å². The van der Waals surface area contributed by atoms with Crippen molar-refractivity contribution in [1.29, 1.82) is 0 Å². The number of anilines is 1. The number of nitrogens with zero attached hydrogens (tertiary/aromatic N) is 2. The summed E-state index contributed by atoms with van der Waals surface area (Å²) in [6.07, 6.45) is 8.54. The third-order valence-electron chi connectivity index (χ3n) is 11.5. The maximum absolute atomic E-state index is 14.5. The fourth-order valence-electron chi connectivity index (χ4n) is 8.68. The Kier molecular flexibility index (Phi) is 10.6. The summed E-state index contributed by atoms with van der Waals surface area (Å²) in [7, 11) is -1.86. The molecule has 0 saturated heterocycles. The van der Waals surface area contributed by atoms with E-state index in [0.29, 0.717) is 30.6 Å². The Hall–Kier alpha value is -3.99. The molecule has 1 spiro atoms. The molecule has 3 aromatic rings. The molecule has 7 rings (SSSR count). The van der Waals surface area contributed by atoms with Crippen molar-refractivity contribution in [2.24, 2.45) is 22.1 Å². The van der Waals surface area contributed by atoms with Crippen molar-refractivity contribution in [3.05, 3.63) is 107 Å². The van der Waals surface area contributed by atoms with Gasteiger partial charge < -0.3 is 19.5 Å². The van der Waals surface area contributed by atoms with Gasteiger partial charge in [0, 0.05) is 37.6 Å². The number of nitrogens with one attached hydrogen (secondary N) is 1. The summed E-state index contributed by atoms with van der Waals surface area (Å²) in [5.74, 6) is -0.319. The molecule has 7 atom stereocenters. The van der Waals surface area contributed by atoms with E-state index in [4.69, 9.17) is 9.47 Å². The number of benzene rings is 3. The fraction of sp³-hybridized carbons (Fsp3) is 0.476. The Morgan fingerprint density at radius 1 is 1.15 bits per heavy atom. The SMILES string of the molecule is CO[C@H]1/C=C/C[C@H](C)C[S@@](=O)(NC(=O)[C@@H](O)Cc2ccccc2)=NC(=O)c2ccc3c(c2)N(C[C@@H]2CC[C@H]21)C[C@@]1(CCCc2cc(C)ccc21)CO3. The first-order chi connectivity index (χ1) is 25.0. The Bertz CT molecular complexity index is 1960. The molecular weight excluding hydrogens is 675 g/mol. The summed E-state index contributed by atoms with van der Waals surface area (Å²) in [6.45, 7) is 6.13. The number of aliphatic hydroxyl groups is 1. The summed E-state index contributed by atoms with van der Waals surface area (Å²) >= 11 is 0. The number of hydrogen-bond donors (Lipinski definition) is 2. The topological polar surface area (TPSA) is 118 Å². The third-order valence-corrected chi connectivity index (χ3v) is 13.5. The lowest BCUT2D eigenvalue weighted by Gasteiger charge is -2.46. The second-order valence-electron chi connectivity index (χ2n) is 15.5. The first kappa shape index (κ1) is 36.4. The number of methoxy groups -OCH3 is 1. The highest BCUT2D eigenvalue weighted by atomic mass is 32.2. The highest BCUT2D eigenvalue weighted by Crippen LogP contribution is 2.47. The predicted octanol–water partition coefficient (Wildman–Crippen LogP) is 6.35. The highest BCUT2D eigenvalue weighted by molar-refractivity contribution is 7.92. The van der Waals surface area contributed by atoms with Crippen molar-refractivity contribution in [2.75, 3.05) is 37.5 Å². The number of amides is 2. The van der Waals surface area contributed by atoms with Crippen molar-refractivity contribution >= 4 is 27.4 Å². The zero-order valence-electron chi connectivity index (χ0n) is 30.5. The van der Waals surface area contributed by atoms with Crippen molar-refractivity contribution < 1.29 is 28.4 Å². The number of ether oxygens (including phenoxy) is 2. The molecule has 0 radical (unpaired) electrons. The van der Waals surface area contributed by atoms with Crippen LogP contribution in [0.4, 0.5) is 5.69 Å². The molecule has 2 aliphatic carbocycles. The lowest BCUT2D eigenvalue weighted by Crippen LogP contribution is -2.49. The van der Waals surface area contributed by atoms with Crippen LogP contribution in [0, 0.1) is 24.7 Å². The van der Waals surface area contributed by atoms with Crippen molar-refractivity contribution in [1.82, 2.24) is 4.72 Å². The summed E-state index contributed by atoms with van der Waals surface area (Å²) in [6, 6.07) is 21.3. The summed E-state index contributed by atoms with van der Waals surface area (Å²) in [5.41, 5.74) is 5.63. The number of aryl methyl sites for hydroxylation is 2. The maximum atomic E-state index is 14.5. The van der Waals surface area contributed by atoms with Crippen LogP contribution in [0.1, 0.15) is 71.6 Å². The first-order valence-electron chi connectivity index (χ1n) is 18.7. The van der Waals surface area contributed by atoms with E-state index in [1.54, 1.807) is 13.2 Å². The van der Waals surface area contributed by atoms with Gasteiger partial charge in [0.1, 0.15) is 21.8 Å². The largest absolute Gasteiger partial charge is 0.490 e. The van der Waals surface area contributed by atoms with E-state index in [-0.39, 0.29) is 35.2 Å². The Morgan fingerprint density at radius 2 is 1.98 bits per heavy atom. The van der Waals surface area contributed by atoms with E-state index >= 15 is 0 Å². The zero-order chi connectivity index (χ0) is 36.5. The predicted molar refractivity (Wildman–Crippen MR) is 204 cm³/mol. The van der Waals surface area contributed by atoms with Crippen LogP contribution in [0.3, 0.4) is 0 Å². The molecule has 1 saturated carbocycles. The third kappa shape index (κ3) is 7.70. The van der Waals surface area contributed by atoms with Gasteiger partial charge in [-0.15, -0.1) is 4.36 Å². The van der Waals surface area contributed by atoms with Gasteiger partial charge in [-0.3, -0.25) is 14.3 Å². The number of rotatable bonds is 5. The Balaban J connectivity index is 1.26. The quantitative estimate of drug-likeness (QED) is 0.295. The van der Waals surface area contributed by atoms with Gasteiger partial charge in [-0.25, -0.2) is 4.21 Å². The number of allylic oxidation sites excluding steroid dienone is 1. The fourth-order valence-corrected chi connectivity index (χ4v) is 10.6. The molecule has 10 heteroatoms. The lowest BCUT2D eigenvalue weighted by atomic mass is 9.68. The molecule has 2 N–H and O–H groups in total. The molecule has 2 heterocycles. The van der Waals surface area contributed by atoms with Crippen molar-refractivity contribution in [3.63, 3.8) is 0 Å². The number of aliphatic hydroxyl groups excluding tert-OH is 1. The molecule has 3 aromatic carbocycles. The minimum Gasteiger partial charge on any atom is -0.490 e. The minimum absolute atomic E-state index is 0.0429. The first-order valence-corrected chi connectivity index (χ1v) is 20.4. The highest BCUT2D eigenvalue weighted by Gasteiger charge is 2.44. The van der Waals surface area contributed by atoms with Crippen LogP contribution in [0.15, 0.2) is 83.2 Å². The van der Waals surface area contributed by atoms with Crippen LogP contribution < -0.4 is 14.4 Å². The second-order valence-corrected chi connectivity index (χ2v) is 17.5. The molecule has 9 nitrogen and oxygen atoms in total. The molecule has 276 valence electrons. The molecule has 2 bridgehead atoms. The average Bonchev–Trinajstić information content (AvgIpc) is 3.26. The van der Waals surface area contributed by atoms with Crippen LogP contribution in [0.5, 0.6) is 5.75 Å². The number of carbonyl (C=O) groups excluding carboxylic acids is 2. The molecule has 0 unspecified atom stereocenters. The van der Waals surface area contributed by atoms with Gasteiger partial charge in [0.05, 0.1) is 24.2 Å². The van der Waals surface area contributed by atoms with Crippen LogP contribution in [0.2, 0.25) is 0 Å². The molecule has 4 aliphatic rings. The van der Waals surface area contributed by atoms with Crippen molar-refractivity contribution in [3.8, 4) is 5.75 Å². The second kappa shape index (κ2) is 15.2. The molecular formula is C42H51N3O6S. The van der Waals surface area contributed by atoms with Crippen LogP contribution in [-0.2, 0) is 37.7 Å². The molecule has 2 aliphatic heterocycles. The van der Waals surface area contributed by atoms with E-state index in [0.717, 1.165) is 56.4 Å². The zero-order valence-corrected chi connectivity index (χ0v) is 31.3. The Labute approximate surface area is 308 Å². The number of fused-ring (bicyclic) bond motifs is 4. The van der Waals surface area contributed by atoms with E-state index in [1.165, 1.54) is 16.7 Å². The minimum atomic E-state index is -3.62. The smallest absolute Gasteiger partial charge is 0.286 e. The van der Waals surface area contributed by atoms with E-state index in [2.05, 4.69) is 51.3 Å². The van der Waals surface area contributed by atoms with Gasteiger partial charge in [-0.05, 0) is 98.1 Å². The molecule has 52 heavy (non-hydrogen) atoms.